The maximum atomic E-state index is 10.7. The average molecular weight is 335 g/mol. The van der Waals surface area contributed by atoms with E-state index in [9.17, 15) is 10.1 Å². The minimum Gasteiger partial charge on any atom is -0.369 e. The van der Waals surface area contributed by atoms with Crippen LogP contribution in [0.15, 0.2) is 41.3 Å². The number of hydrogen-bond acceptors (Lipinski definition) is 6. The van der Waals surface area contributed by atoms with Gasteiger partial charge in [0.25, 0.3) is 0 Å². The minimum atomic E-state index is -0.619. The van der Waals surface area contributed by atoms with E-state index in [1.54, 1.807) is 17.8 Å². The number of pyridine rings is 1. The van der Waals surface area contributed by atoms with Crippen LogP contribution in [0.25, 0.3) is 0 Å². The molecule has 2 rings (SSSR count). The summed E-state index contributed by atoms with van der Waals surface area (Å²) in [7, 11) is 0. The molecule has 0 saturated heterocycles. The number of nitriles is 1. The lowest BCUT2D eigenvalue weighted by molar-refractivity contribution is -0.385. The Hall–Kier alpha value is -2.30. The monoisotopic (exact) mass is 334 g/mol. The highest BCUT2D eigenvalue weighted by molar-refractivity contribution is 7.99. The molecule has 22 heavy (non-hydrogen) atoms. The molecule has 8 heteroatoms. The summed E-state index contributed by atoms with van der Waals surface area (Å²) in [6.45, 7) is 0.614. The number of halogens is 1. The number of nitro groups is 1. The molecule has 0 saturated carbocycles. The molecule has 112 valence electrons. The van der Waals surface area contributed by atoms with Gasteiger partial charge in [0.2, 0.25) is 5.69 Å². The Kier molecular flexibility index (Phi) is 5.58. The second-order valence-corrected chi connectivity index (χ2v) is 5.77. The summed E-state index contributed by atoms with van der Waals surface area (Å²) in [6, 6.07) is 12.0. The first kappa shape index (κ1) is 16.1. The van der Waals surface area contributed by atoms with Crippen LogP contribution in [0.3, 0.4) is 0 Å². The molecule has 0 atom stereocenters. The van der Waals surface area contributed by atoms with Gasteiger partial charge in [0.15, 0.2) is 0 Å². The molecule has 0 aliphatic heterocycles. The third-order valence-corrected chi connectivity index (χ3v) is 3.93. The number of anilines is 1. The molecule has 0 aliphatic rings. The van der Waals surface area contributed by atoms with Crippen molar-refractivity contribution in [1.29, 1.82) is 5.26 Å². The predicted octanol–water partition coefficient (Wildman–Crippen LogP) is 3.72. The van der Waals surface area contributed by atoms with Gasteiger partial charge in [-0.25, -0.2) is 4.98 Å². The Morgan fingerprint density at radius 2 is 2.05 bits per heavy atom. The van der Waals surface area contributed by atoms with Gasteiger partial charge in [0.1, 0.15) is 11.9 Å². The van der Waals surface area contributed by atoms with Gasteiger partial charge in [-0.3, -0.25) is 10.1 Å². The molecule has 0 fully saturated rings. The van der Waals surface area contributed by atoms with Crippen molar-refractivity contribution in [3.05, 3.63) is 57.2 Å². The van der Waals surface area contributed by atoms with Gasteiger partial charge < -0.3 is 5.32 Å². The predicted molar refractivity (Wildman–Crippen MR) is 86.3 cm³/mol. The van der Waals surface area contributed by atoms with E-state index in [1.165, 1.54) is 12.1 Å². The lowest BCUT2D eigenvalue weighted by Crippen LogP contribution is -2.07. The number of nitrogens with zero attached hydrogens (tertiary/aromatic N) is 3. The van der Waals surface area contributed by atoms with Crippen molar-refractivity contribution in [1.82, 2.24) is 4.98 Å². The molecule has 0 radical (unpaired) electrons. The molecule has 0 unspecified atom stereocenters. The summed E-state index contributed by atoms with van der Waals surface area (Å²) in [4.78, 5) is 15.1. The first-order chi connectivity index (χ1) is 10.6. The summed E-state index contributed by atoms with van der Waals surface area (Å²) < 4.78 is 0. The summed E-state index contributed by atoms with van der Waals surface area (Å²) in [5.74, 6) is 1.22. The molecule has 2 aromatic rings. The van der Waals surface area contributed by atoms with Crippen LogP contribution in [0.5, 0.6) is 0 Å². The molecule has 1 aromatic heterocycles. The van der Waals surface area contributed by atoms with Crippen LogP contribution in [0.4, 0.5) is 11.5 Å². The molecule has 1 N–H and O–H groups in total. The minimum absolute atomic E-state index is 0.194. The van der Waals surface area contributed by atoms with Crippen molar-refractivity contribution in [3.8, 4) is 6.07 Å². The summed E-state index contributed by atoms with van der Waals surface area (Å²) in [5, 5.41) is 23.3. The molecule has 0 bridgehead atoms. The molecule has 0 amide bonds. The third kappa shape index (κ3) is 4.35. The lowest BCUT2D eigenvalue weighted by Gasteiger charge is -2.06. The normalized spacial score (nSPS) is 10.0. The van der Waals surface area contributed by atoms with Crippen LogP contribution in [0.1, 0.15) is 5.69 Å². The van der Waals surface area contributed by atoms with Crippen LogP contribution < -0.4 is 5.32 Å². The first-order valence-corrected chi connectivity index (χ1v) is 7.64. The Balaban J connectivity index is 1.88. The van der Waals surface area contributed by atoms with Crippen LogP contribution in [-0.4, -0.2) is 22.2 Å². The smallest absolute Gasteiger partial charge is 0.305 e. The van der Waals surface area contributed by atoms with Crippen LogP contribution in [0, 0.1) is 21.4 Å². The SMILES string of the molecule is N#Cc1nc(NCCSc2ccc(Cl)cc2)ccc1[N+](=O)[O-]. The highest BCUT2D eigenvalue weighted by Crippen LogP contribution is 2.21. The van der Waals surface area contributed by atoms with Crippen molar-refractivity contribution in [2.45, 2.75) is 4.90 Å². The van der Waals surface area contributed by atoms with Gasteiger partial charge in [-0.1, -0.05) is 11.6 Å². The second-order valence-electron chi connectivity index (χ2n) is 4.16. The summed E-state index contributed by atoms with van der Waals surface area (Å²) in [6.07, 6.45) is 0. The Labute approximate surface area is 136 Å². The molecule has 0 aliphatic carbocycles. The van der Waals surface area contributed by atoms with Crippen molar-refractivity contribution < 1.29 is 4.92 Å². The van der Waals surface area contributed by atoms with E-state index in [0.717, 1.165) is 10.6 Å². The third-order valence-electron chi connectivity index (χ3n) is 2.67. The highest BCUT2D eigenvalue weighted by atomic mass is 35.5. The second kappa shape index (κ2) is 7.64. The number of nitrogens with one attached hydrogen (secondary N) is 1. The topological polar surface area (TPSA) is 91.8 Å². The zero-order chi connectivity index (χ0) is 15.9. The quantitative estimate of drug-likeness (QED) is 0.374. The highest BCUT2D eigenvalue weighted by Gasteiger charge is 2.15. The van der Waals surface area contributed by atoms with E-state index in [1.807, 2.05) is 24.3 Å². The van der Waals surface area contributed by atoms with Crippen molar-refractivity contribution in [3.63, 3.8) is 0 Å². The fourth-order valence-corrected chi connectivity index (χ4v) is 2.55. The first-order valence-electron chi connectivity index (χ1n) is 6.28. The maximum Gasteiger partial charge on any atom is 0.305 e. The molecular formula is C14H11ClN4O2S. The van der Waals surface area contributed by atoms with E-state index < -0.39 is 4.92 Å². The maximum absolute atomic E-state index is 10.7. The van der Waals surface area contributed by atoms with Crippen molar-refractivity contribution in [2.75, 3.05) is 17.6 Å². The van der Waals surface area contributed by atoms with Gasteiger partial charge in [-0.15, -0.1) is 11.8 Å². The van der Waals surface area contributed by atoms with Crippen LogP contribution in [0.2, 0.25) is 5.02 Å². The number of benzene rings is 1. The number of thioether (sulfide) groups is 1. The number of rotatable bonds is 6. The van der Waals surface area contributed by atoms with Crippen molar-refractivity contribution in [2.24, 2.45) is 0 Å². The van der Waals surface area contributed by atoms with Crippen molar-refractivity contribution >= 4 is 34.9 Å². The van der Waals surface area contributed by atoms with Crippen LogP contribution in [-0.2, 0) is 0 Å². The largest absolute Gasteiger partial charge is 0.369 e. The Morgan fingerprint density at radius 3 is 2.68 bits per heavy atom. The van der Waals surface area contributed by atoms with E-state index in [4.69, 9.17) is 16.9 Å². The van der Waals surface area contributed by atoms with Gasteiger partial charge >= 0.3 is 5.69 Å². The zero-order valence-corrected chi connectivity index (χ0v) is 12.9. The van der Waals surface area contributed by atoms with Crippen LogP contribution >= 0.6 is 23.4 Å². The fourth-order valence-electron chi connectivity index (χ4n) is 1.66. The van der Waals surface area contributed by atoms with Gasteiger partial charge in [0, 0.05) is 28.3 Å². The zero-order valence-electron chi connectivity index (χ0n) is 11.3. The average Bonchev–Trinajstić information content (AvgIpc) is 2.52. The Bertz CT molecular complexity index is 716. The number of hydrogen-bond donors (Lipinski definition) is 1. The molecular weight excluding hydrogens is 324 g/mol. The standard InChI is InChI=1S/C14H11ClN4O2S/c15-10-1-3-11(4-2-10)22-8-7-17-14-6-5-13(19(20)21)12(9-16)18-14/h1-6H,7-8H2,(H,17,18). The van der Waals surface area contributed by atoms with Gasteiger partial charge in [-0.2, -0.15) is 5.26 Å². The number of aromatic nitrogens is 1. The summed E-state index contributed by atoms with van der Waals surface area (Å²) in [5.41, 5.74) is -0.482. The molecule has 1 aromatic carbocycles. The van der Waals surface area contributed by atoms with Gasteiger partial charge in [0.05, 0.1) is 4.92 Å². The van der Waals surface area contributed by atoms with Gasteiger partial charge in [-0.05, 0) is 30.3 Å². The Morgan fingerprint density at radius 1 is 1.32 bits per heavy atom. The fraction of sp³-hybridized carbons (Fsp3) is 0.143. The molecule has 1 heterocycles. The van der Waals surface area contributed by atoms with E-state index in [-0.39, 0.29) is 11.4 Å². The lowest BCUT2D eigenvalue weighted by atomic mass is 10.3. The van der Waals surface area contributed by atoms with E-state index in [2.05, 4.69) is 10.3 Å². The molecule has 6 nitrogen and oxygen atoms in total. The van der Waals surface area contributed by atoms with E-state index >= 15 is 0 Å². The van der Waals surface area contributed by atoms with E-state index in [0.29, 0.717) is 17.4 Å². The molecule has 0 spiro atoms. The summed E-state index contributed by atoms with van der Waals surface area (Å²) >= 11 is 7.46.